The number of nitrogens with one attached hydrogen (secondary N) is 2. The van der Waals surface area contributed by atoms with Crippen molar-refractivity contribution in [2.24, 2.45) is 11.8 Å². The number of Topliss-reactive ketones (excluding diaryl/α,β-unsaturated/α-hetero) is 1. The summed E-state index contributed by atoms with van der Waals surface area (Å²) in [6.07, 6.45) is 1.89. The minimum atomic E-state index is -0.223. The zero-order chi connectivity index (χ0) is 21.8. The van der Waals surface area contributed by atoms with Crippen LogP contribution in [0.25, 0.3) is 0 Å². The Morgan fingerprint density at radius 1 is 1.13 bits per heavy atom. The summed E-state index contributed by atoms with van der Waals surface area (Å²) < 4.78 is 23.9. The van der Waals surface area contributed by atoms with Crippen molar-refractivity contribution in [2.75, 3.05) is 40.4 Å². The van der Waals surface area contributed by atoms with E-state index in [9.17, 15) is 9.18 Å². The third-order valence-corrected chi connectivity index (χ3v) is 6.36. The summed E-state index contributed by atoms with van der Waals surface area (Å²) in [6.45, 7) is 3.47. The summed E-state index contributed by atoms with van der Waals surface area (Å²) in [4.78, 5) is 15.6. The third-order valence-electron chi connectivity index (χ3n) is 6.36. The van der Waals surface area contributed by atoms with E-state index in [4.69, 9.17) is 9.47 Å². The molecule has 31 heavy (non-hydrogen) atoms. The predicted molar refractivity (Wildman–Crippen MR) is 117 cm³/mol. The zero-order valence-electron chi connectivity index (χ0n) is 18.1. The minimum absolute atomic E-state index is 0.0292. The highest BCUT2D eigenvalue weighted by atomic mass is 19.1. The number of hydrazine groups is 1. The number of ketones is 1. The van der Waals surface area contributed by atoms with E-state index in [1.54, 1.807) is 26.4 Å². The Hall–Kier alpha value is -2.48. The summed E-state index contributed by atoms with van der Waals surface area (Å²) in [5.74, 6) is 1.45. The lowest BCUT2D eigenvalue weighted by molar-refractivity contribution is 0.0798. The molecule has 2 aromatic carbocycles. The van der Waals surface area contributed by atoms with Gasteiger partial charge >= 0.3 is 0 Å². The van der Waals surface area contributed by atoms with Gasteiger partial charge in [0.1, 0.15) is 5.82 Å². The maximum Gasteiger partial charge on any atom is 0.167 e. The van der Waals surface area contributed by atoms with Crippen molar-refractivity contribution in [3.8, 4) is 11.5 Å². The van der Waals surface area contributed by atoms with Crippen LogP contribution < -0.4 is 20.3 Å². The fraction of sp³-hybridized carbons (Fsp3) is 0.458. The molecule has 3 unspecified atom stereocenters. The molecular weight excluding hydrogens is 397 g/mol. The van der Waals surface area contributed by atoms with E-state index >= 15 is 0 Å². The molecule has 0 bridgehead atoms. The molecule has 2 fully saturated rings. The molecule has 166 valence electrons. The van der Waals surface area contributed by atoms with Gasteiger partial charge < -0.3 is 14.4 Å². The van der Waals surface area contributed by atoms with E-state index in [1.807, 2.05) is 18.2 Å². The lowest BCUT2D eigenvalue weighted by Crippen LogP contribution is -2.42. The Bertz CT molecular complexity index is 905. The number of benzene rings is 2. The quantitative estimate of drug-likeness (QED) is 0.662. The molecule has 0 radical (unpaired) electrons. The van der Waals surface area contributed by atoms with Crippen LogP contribution in [0.1, 0.15) is 34.8 Å². The molecule has 0 spiro atoms. The van der Waals surface area contributed by atoms with Crippen molar-refractivity contribution in [3.63, 3.8) is 0 Å². The number of hydrogen-bond acceptors (Lipinski definition) is 6. The minimum Gasteiger partial charge on any atom is -0.493 e. The second kappa shape index (κ2) is 9.77. The average Bonchev–Trinajstić information content (AvgIpc) is 3.26. The lowest BCUT2D eigenvalue weighted by atomic mass is 9.88. The Kier molecular flexibility index (Phi) is 6.85. The summed E-state index contributed by atoms with van der Waals surface area (Å²) in [5.41, 5.74) is 8.31. The molecule has 4 rings (SSSR count). The van der Waals surface area contributed by atoms with Crippen LogP contribution in [0, 0.1) is 17.7 Å². The van der Waals surface area contributed by atoms with Crippen molar-refractivity contribution >= 4 is 5.78 Å². The first-order chi connectivity index (χ1) is 15.1. The smallest absolute Gasteiger partial charge is 0.167 e. The van der Waals surface area contributed by atoms with Gasteiger partial charge in [0.2, 0.25) is 0 Å². The van der Waals surface area contributed by atoms with E-state index in [1.165, 1.54) is 12.1 Å². The highest BCUT2D eigenvalue weighted by Crippen LogP contribution is 2.31. The zero-order valence-corrected chi connectivity index (χ0v) is 18.1. The van der Waals surface area contributed by atoms with Gasteiger partial charge in [-0.15, -0.1) is 0 Å². The maximum atomic E-state index is 13.3. The van der Waals surface area contributed by atoms with Crippen molar-refractivity contribution in [1.82, 2.24) is 15.8 Å². The van der Waals surface area contributed by atoms with Gasteiger partial charge in [-0.1, -0.05) is 12.1 Å². The molecule has 2 heterocycles. The van der Waals surface area contributed by atoms with Crippen LogP contribution in [0.5, 0.6) is 11.5 Å². The van der Waals surface area contributed by atoms with Gasteiger partial charge in [0.15, 0.2) is 17.3 Å². The number of hydrogen-bond donors (Lipinski definition) is 2. The summed E-state index contributed by atoms with van der Waals surface area (Å²) in [5, 5.41) is 0. The largest absolute Gasteiger partial charge is 0.493 e. The van der Waals surface area contributed by atoms with Crippen molar-refractivity contribution in [2.45, 2.75) is 18.9 Å². The van der Waals surface area contributed by atoms with Crippen LogP contribution in [0.4, 0.5) is 4.39 Å². The van der Waals surface area contributed by atoms with E-state index in [-0.39, 0.29) is 23.6 Å². The van der Waals surface area contributed by atoms with Crippen LogP contribution in [-0.4, -0.2) is 51.1 Å². The Morgan fingerprint density at radius 2 is 1.90 bits per heavy atom. The number of piperidine rings is 1. The van der Waals surface area contributed by atoms with Gasteiger partial charge in [-0.25, -0.2) is 9.82 Å². The van der Waals surface area contributed by atoms with Gasteiger partial charge in [0.25, 0.3) is 0 Å². The van der Waals surface area contributed by atoms with Gasteiger partial charge in [0.05, 0.1) is 20.3 Å². The molecule has 7 heteroatoms. The van der Waals surface area contributed by atoms with E-state index in [0.29, 0.717) is 23.0 Å². The monoisotopic (exact) mass is 427 g/mol. The first kappa shape index (κ1) is 21.7. The lowest BCUT2D eigenvalue weighted by Gasteiger charge is -2.34. The van der Waals surface area contributed by atoms with E-state index < -0.39 is 0 Å². The normalized spacial score (nSPS) is 24.2. The van der Waals surface area contributed by atoms with Gasteiger partial charge in [-0.3, -0.25) is 10.2 Å². The van der Waals surface area contributed by atoms with Gasteiger partial charge in [0, 0.05) is 37.0 Å². The fourth-order valence-corrected chi connectivity index (χ4v) is 4.72. The van der Waals surface area contributed by atoms with Crippen LogP contribution in [0.15, 0.2) is 42.5 Å². The maximum absolute atomic E-state index is 13.3. The molecule has 6 nitrogen and oxygen atoms in total. The fourth-order valence-electron chi connectivity index (χ4n) is 4.72. The molecule has 0 aromatic heterocycles. The predicted octanol–water partition coefficient (Wildman–Crippen LogP) is 3.20. The number of halogens is 1. The summed E-state index contributed by atoms with van der Waals surface area (Å²) in [6, 6.07) is 12.2. The topological polar surface area (TPSA) is 62.8 Å². The highest BCUT2D eigenvalue weighted by molar-refractivity contribution is 5.98. The number of carbonyl (C=O) groups excluding carboxylic acids is 1. The molecule has 3 atom stereocenters. The molecule has 0 saturated carbocycles. The van der Waals surface area contributed by atoms with Gasteiger partial charge in [-0.05, 0) is 55.3 Å². The van der Waals surface area contributed by atoms with Crippen molar-refractivity contribution < 1.29 is 18.7 Å². The summed E-state index contributed by atoms with van der Waals surface area (Å²) in [7, 11) is 3.17. The molecule has 2 saturated heterocycles. The molecule has 2 aliphatic rings. The Labute approximate surface area is 182 Å². The average molecular weight is 428 g/mol. The van der Waals surface area contributed by atoms with Crippen molar-refractivity contribution in [3.05, 3.63) is 59.4 Å². The first-order valence-electron chi connectivity index (χ1n) is 10.8. The van der Waals surface area contributed by atoms with Crippen molar-refractivity contribution in [1.29, 1.82) is 0 Å². The third kappa shape index (κ3) is 4.89. The van der Waals surface area contributed by atoms with Crippen LogP contribution in [0.2, 0.25) is 0 Å². The summed E-state index contributed by atoms with van der Waals surface area (Å²) >= 11 is 0. The van der Waals surface area contributed by atoms with Crippen LogP contribution in [0.3, 0.4) is 0 Å². The number of nitrogens with zero attached hydrogens (tertiary/aromatic N) is 1. The number of likely N-dealkylation sites (tertiary alicyclic amines) is 1. The Morgan fingerprint density at radius 3 is 2.65 bits per heavy atom. The second-order valence-electron chi connectivity index (χ2n) is 8.35. The number of ether oxygens (including phenoxy) is 2. The molecule has 2 N–H and O–H groups in total. The van der Waals surface area contributed by atoms with E-state index in [0.717, 1.165) is 44.6 Å². The second-order valence-corrected chi connectivity index (χ2v) is 8.35. The SMILES string of the molecule is COc1ccc(C(=O)C2CCCN(CC3CNNC3c3ccc(F)cc3)C2)cc1OC. The van der Waals surface area contributed by atoms with Gasteiger partial charge in [-0.2, -0.15) is 0 Å². The number of carbonyl (C=O) groups is 1. The molecule has 0 aliphatic carbocycles. The first-order valence-corrected chi connectivity index (χ1v) is 10.8. The molecular formula is C24H30FN3O3. The molecule has 0 amide bonds. The van der Waals surface area contributed by atoms with Crippen LogP contribution in [-0.2, 0) is 0 Å². The standard InChI is InChI=1S/C24H30FN3O3/c1-30-21-10-7-17(12-22(21)31-2)24(29)18-4-3-11-28(14-18)15-19-13-26-27-23(19)16-5-8-20(25)9-6-16/h5-10,12,18-19,23,26-27H,3-4,11,13-15H2,1-2H3. The molecule has 2 aromatic rings. The molecule has 2 aliphatic heterocycles. The number of methoxy groups -OCH3 is 2. The van der Waals surface area contributed by atoms with Crippen LogP contribution >= 0.6 is 0 Å². The Balaban J connectivity index is 1.41. The van der Waals surface area contributed by atoms with E-state index in [2.05, 4.69) is 15.8 Å². The highest BCUT2D eigenvalue weighted by Gasteiger charge is 2.33. The number of rotatable bonds is 7.